The molecule has 2 aromatic carbocycles. The van der Waals surface area contributed by atoms with E-state index in [0.717, 1.165) is 104 Å². The van der Waals surface area contributed by atoms with Crippen molar-refractivity contribution in [2.24, 2.45) is 0 Å². The number of hydrogen-bond donors (Lipinski definition) is 0. The number of benzene rings is 2. The molecule has 1 aliphatic rings. The molecule has 0 atom stereocenters. The Balaban J connectivity index is 0.00000120. The molecule has 0 unspecified atom stereocenters. The monoisotopic (exact) mass is 953 g/mol. The molecule has 4 nitrogen and oxygen atoms in total. The first-order valence-corrected chi connectivity index (χ1v) is 29.0. The van der Waals surface area contributed by atoms with Crippen molar-refractivity contribution in [3.8, 4) is 0 Å². The number of nitrogens with zero attached hydrogens (tertiary/aromatic N) is 2. The molecule has 0 aromatic heterocycles. The zero-order chi connectivity index (χ0) is 47.9. The van der Waals surface area contributed by atoms with E-state index in [4.69, 9.17) is 7.76 Å². The number of allylic oxidation sites excluding steroid dienone is 4. The van der Waals surface area contributed by atoms with Crippen molar-refractivity contribution in [1.29, 1.82) is 0 Å². The van der Waals surface area contributed by atoms with Crippen LogP contribution in [0.25, 0.3) is 16.9 Å². The second kappa shape index (κ2) is 40.5. The molecule has 5 heteroatoms. The van der Waals surface area contributed by atoms with Crippen LogP contribution in [0.2, 0.25) is 0 Å². The normalized spacial score (nSPS) is 12.9. The summed E-state index contributed by atoms with van der Waals surface area (Å²) in [4.78, 5) is 0. The molecule has 0 spiro atoms. The van der Waals surface area contributed by atoms with Gasteiger partial charge in [-0.15, -0.1) is 0 Å². The van der Waals surface area contributed by atoms with Crippen molar-refractivity contribution in [2.45, 2.75) is 267 Å². The van der Waals surface area contributed by atoms with E-state index in [1.54, 1.807) is 4.70 Å². The van der Waals surface area contributed by atoms with Crippen molar-refractivity contribution in [1.82, 2.24) is 0 Å². The van der Waals surface area contributed by atoms with E-state index in [1.807, 2.05) is 0 Å². The Hall–Kier alpha value is -2.33. The van der Waals surface area contributed by atoms with E-state index in [9.17, 15) is 5.53 Å². The summed E-state index contributed by atoms with van der Waals surface area (Å²) in [6, 6.07) is 14.7. The molecule has 0 N–H and O–H groups in total. The van der Waals surface area contributed by atoms with Crippen LogP contribution in [-0.2, 0) is 48.5 Å². The van der Waals surface area contributed by atoms with Crippen molar-refractivity contribution in [2.75, 3.05) is 13.2 Å². The molecule has 1 aliphatic heterocycles. The van der Waals surface area contributed by atoms with E-state index >= 15 is 0 Å². The van der Waals surface area contributed by atoms with Crippen LogP contribution < -0.4 is 0 Å². The second-order valence-corrected chi connectivity index (χ2v) is 20.0. The maximum atomic E-state index is 12.7. The van der Waals surface area contributed by atoms with Crippen LogP contribution in [0.3, 0.4) is 0 Å². The molecule has 2 aromatic rings. The predicted molar refractivity (Wildman–Crippen MR) is 285 cm³/mol. The van der Waals surface area contributed by atoms with Crippen molar-refractivity contribution >= 4 is 11.4 Å². The first-order chi connectivity index (χ1) is 32.4. The van der Waals surface area contributed by atoms with Gasteiger partial charge in [0.2, 0.25) is 11.4 Å². The van der Waals surface area contributed by atoms with E-state index in [1.165, 1.54) is 192 Å². The third-order valence-electron chi connectivity index (χ3n) is 13.0. The number of aryl methyl sites for hydroxylation is 4. The summed E-state index contributed by atoms with van der Waals surface area (Å²) in [6.45, 7) is 19.7. The first kappa shape index (κ1) is 59.8. The summed E-state index contributed by atoms with van der Waals surface area (Å²) in [6.07, 6.45) is 45.2. The van der Waals surface area contributed by atoms with E-state index in [-0.39, 0.29) is 0 Å². The van der Waals surface area contributed by atoms with Gasteiger partial charge in [0.05, 0.1) is 5.57 Å². The average molecular weight is 954 g/mol. The molecule has 66 heavy (non-hydrogen) atoms. The number of unbranched alkanes of at least 4 members (excludes halogenated alkanes) is 20. The molecule has 0 bridgehead atoms. The Morgan fingerprint density at radius 3 is 1.21 bits per heavy atom. The summed E-state index contributed by atoms with van der Waals surface area (Å²) < 4.78 is 11.9. The first-order valence-electron chi connectivity index (χ1n) is 28.2. The van der Waals surface area contributed by atoms with Crippen molar-refractivity contribution in [3.05, 3.63) is 98.6 Å². The Morgan fingerprint density at radius 2 is 0.773 bits per heavy atom. The van der Waals surface area contributed by atoms with Crippen molar-refractivity contribution in [3.63, 3.8) is 0 Å². The summed E-state index contributed by atoms with van der Waals surface area (Å²) in [5.41, 5.74) is 25.4. The van der Waals surface area contributed by atoms with Gasteiger partial charge < -0.3 is 5.53 Å². The van der Waals surface area contributed by atoms with E-state index < -0.39 is 0 Å². The van der Waals surface area contributed by atoms with Crippen LogP contribution in [-0.4, -0.2) is 17.9 Å². The fraction of sp³-hybridized carbons (Fsp3) is 0.705. The van der Waals surface area contributed by atoms with Gasteiger partial charge in [0, 0.05) is 16.7 Å². The van der Waals surface area contributed by atoms with Gasteiger partial charge in [-0.1, -0.05) is 175 Å². The van der Waals surface area contributed by atoms with Gasteiger partial charge in [-0.05, 0) is 124 Å². The summed E-state index contributed by atoms with van der Waals surface area (Å²) >= 11 is 0.968. The molecule has 0 saturated heterocycles. The molecule has 0 amide bonds. The maximum absolute atomic E-state index is 12.7. The summed E-state index contributed by atoms with van der Waals surface area (Å²) in [5, 5.41) is 0. The second-order valence-electron chi connectivity index (χ2n) is 19.3. The average Bonchev–Trinajstić information content (AvgIpc) is 3.61. The van der Waals surface area contributed by atoms with Crippen LogP contribution in [0.1, 0.15) is 275 Å². The van der Waals surface area contributed by atoms with Crippen LogP contribution in [0, 0.1) is 0 Å². The number of rotatable bonds is 40. The molecule has 0 radical (unpaired) electrons. The minimum atomic E-state index is 0.808. The Bertz CT molecular complexity index is 1570. The fourth-order valence-corrected chi connectivity index (χ4v) is 9.40. The van der Waals surface area contributed by atoms with Gasteiger partial charge in [-0.3, -0.25) is 0 Å². The summed E-state index contributed by atoms with van der Waals surface area (Å²) in [7, 11) is 0. The zero-order valence-electron chi connectivity index (χ0n) is 44.4. The predicted octanol–water partition coefficient (Wildman–Crippen LogP) is 20.0. The third-order valence-corrected chi connectivity index (χ3v) is 13.6. The number of hydrogen-bond acceptors (Lipinski definition) is 2. The SMILES string of the molecule is CCCCCCCC=CC1=C(c2cc(CCCCCCCC)cc(CCCCCCCC)c2)[N+](=[N-])C(c2cc(CCCC)cc(CCCC)c2)=C1CCCC.CCCC[O][Ni][O]CCCC. The Kier molecular flexibility index (Phi) is 36.7. The quantitative estimate of drug-likeness (QED) is 0.0379. The zero-order valence-corrected chi connectivity index (χ0v) is 45.4. The van der Waals surface area contributed by atoms with Gasteiger partial charge in [0.1, 0.15) is 0 Å². The fourth-order valence-electron chi connectivity index (χ4n) is 8.87. The van der Waals surface area contributed by atoms with Crippen LogP contribution in [0.4, 0.5) is 0 Å². The molecule has 3 rings (SSSR count). The molecule has 0 saturated carbocycles. The standard InChI is InChI=1S/C53H84N2.2C4H9O.Ni/c1-7-13-19-22-25-28-31-37-51-50(36-18-12-6)52(48-40-44(32-16-10-4)38-45(41-48)33-17-11-5)55(54)53(51)49-42-46(34-29-26-23-20-14-8-2)39-47(43-49)35-30-27-24-21-15-9-3;2*1-2-3-4-5;/h31,37-43H,7-30,32-36H2,1-6H3;2*2-4H2,1H3;/q;2*-1;+2. The van der Waals surface area contributed by atoms with Gasteiger partial charge in [0.15, 0.2) is 0 Å². The molecule has 0 aliphatic carbocycles. The third kappa shape index (κ3) is 25.3. The van der Waals surface area contributed by atoms with Crippen LogP contribution >= 0.6 is 0 Å². The molecular formula is C61H102N2NiO2. The molecule has 378 valence electrons. The van der Waals surface area contributed by atoms with Gasteiger partial charge in [-0.2, -0.15) is 0 Å². The van der Waals surface area contributed by atoms with Crippen LogP contribution in [0.15, 0.2) is 59.7 Å². The van der Waals surface area contributed by atoms with Crippen molar-refractivity contribution < 1.29 is 27.5 Å². The van der Waals surface area contributed by atoms with E-state index in [2.05, 4.69) is 104 Å². The van der Waals surface area contributed by atoms with Gasteiger partial charge in [0.25, 0.3) is 0 Å². The topological polar surface area (TPSA) is 43.8 Å². The molecule has 1 heterocycles. The molecular weight excluding hydrogens is 851 g/mol. The Labute approximate surface area is 416 Å². The summed E-state index contributed by atoms with van der Waals surface area (Å²) in [5.74, 6) is 0. The minimum absolute atomic E-state index is 0.808. The van der Waals surface area contributed by atoms with Gasteiger partial charge >= 0.3 is 75.6 Å². The van der Waals surface area contributed by atoms with Gasteiger partial charge in [-0.25, -0.2) is 4.70 Å². The van der Waals surface area contributed by atoms with E-state index in [0.29, 0.717) is 0 Å². The Morgan fingerprint density at radius 1 is 0.409 bits per heavy atom. The molecule has 0 fully saturated rings. The van der Waals surface area contributed by atoms with Crippen LogP contribution in [0.5, 0.6) is 0 Å².